The predicted octanol–water partition coefficient (Wildman–Crippen LogP) is 3.52. The molecule has 21 heavy (non-hydrogen) atoms. The van der Waals surface area contributed by atoms with Crippen LogP contribution in [0.5, 0.6) is 0 Å². The van der Waals surface area contributed by atoms with E-state index in [1.54, 1.807) is 12.1 Å². The third kappa shape index (κ3) is 3.64. The number of hydrogen-bond donors (Lipinski definition) is 2. The van der Waals surface area contributed by atoms with Crippen LogP contribution in [0.1, 0.15) is 48.0 Å². The van der Waals surface area contributed by atoms with Crippen LogP contribution < -0.4 is 5.32 Å². The molecule has 2 N–H and O–H groups in total. The van der Waals surface area contributed by atoms with Gasteiger partial charge in [-0.05, 0) is 37.5 Å². The van der Waals surface area contributed by atoms with E-state index in [0.717, 1.165) is 29.3 Å². The van der Waals surface area contributed by atoms with Crippen molar-refractivity contribution in [2.75, 3.05) is 6.54 Å². The Kier molecular flexibility index (Phi) is 5.04. The third-order valence-electron chi connectivity index (χ3n) is 4.29. The van der Waals surface area contributed by atoms with Gasteiger partial charge in [0.05, 0.1) is 5.41 Å². The number of carbonyl (C=O) groups is 2. The molecule has 5 heteroatoms. The molecule has 0 bridgehead atoms. The van der Waals surface area contributed by atoms with Crippen LogP contribution in [-0.2, 0) is 4.79 Å². The zero-order chi connectivity index (χ0) is 15.5. The van der Waals surface area contributed by atoms with Gasteiger partial charge in [-0.3, -0.25) is 9.59 Å². The summed E-state index contributed by atoms with van der Waals surface area (Å²) in [6.07, 6.45) is 4.19. The molecule has 1 aromatic rings. The number of nitrogens with one attached hydrogen (secondary N) is 1. The van der Waals surface area contributed by atoms with E-state index in [2.05, 4.69) is 21.2 Å². The van der Waals surface area contributed by atoms with Crippen LogP contribution in [-0.4, -0.2) is 23.5 Å². The van der Waals surface area contributed by atoms with Crippen molar-refractivity contribution in [3.8, 4) is 0 Å². The molecule has 1 saturated carbocycles. The molecule has 1 aromatic carbocycles. The Morgan fingerprint density at radius 1 is 1.29 bits per heavy atom. The zero-order valence-electron chi connectivity index (χ0n) is 12.1. The number of rotatable bonds is 4. The lowest BCUT2D eigenvalue weighted by Crippen LogP contribution is -2.44. The summed E-state index contributed by atoms with van der Waals surface area (Å²) >= 11 is 3.40. The first kappa shape index (κ1) is 16.0. The van der Waals surface area contributed by atoms with Gasteiger partial charge in [-0.1, -0.05) is 41.3 Å². The average molecular weight is 354 g/mol. The van der Waals surface area contributed by atoms with Crippen molar-refractivity contribution < 1.29 is 14.7 Å². The van der Waals surface area contributed by atoms with Crippen molar-refractivity contribution >= 4 is 27.8 Å². The molecule has 0 radical (unpaired) electrons. The van der Waals surface area contributed by atoms with Gasteiger partial charge >= 0.3 is 5.97 Å². The molecule has 0 aromatic heterocycles. The van der Waals surface area contributed by atoms with Crippen molar-refractivity contribution in [2.45, 2.75) is 39.0 Å². The number of carboxylic acid groups (broad SMARTS) is 1. The Hall–Kier alpha value is -1.36. The fourth-order valence-electron chi connectivity index (χ4n) is 2.78. The topological polar surface area (TPSA) is 66.4 Å². The van der Waals surface area contributed by atoms with E-state index in [9.17, 15) is 14.7 Å². The second-order valence-electron chi connectivity index (χ2n) is 5.79. The summed E-state index contributed by atoms with van der Waals surface area (Å²) in [5, 5.41) is 12.3. The van der Waals surface area contributed by atoms with E-state index in [1.165, 1.54) is 0 Å². The first-order valence-corrected chi connectivity index (χ1v) is 8.02. The summed E-state index contributed by atoms with van der Waals surface area (Å²) in [5.41, 5.74) is 0.806. The number of carboxylic acids is 1. The summed E-state index contributed by atoms with van der Waals surface area (Å²) in [4.78, 5) is 23.8. The molecule has 2 rings (SSSR count). The summed E-state index contributed by atoms with van der Waals surface area (Å²) < 4.78 is 0.876. The van der Waals surface area contributed by atoms with Crippen molar-refractivity contribution in [1.82, 2.24) is 5.32 Å². The molecule has 0 atom stereocenters. The van der Waals surface area contributed by atoms with Gasteiger partial charge in [0.15, 0.2) is 0 Å². The highest BCUT2D eigenvalue weighted by molar-refractivity contribution is 9.10. The lowest BCUT2D eigenvalue weighted by molar-refractivity contribution is -0.150. The Morgan fingerprint density at radius 2 is 1.95 bits per heavy atom. The molecular weight excluding hydrogens is 334 g/mol. The normalized spacial score (nSPS) is 17.2. The lowest BCUT2D eigenvalue weighted by atomic mass is 9.74. The number of aliphatic carboxylic acids is 1. The minimum Gasteiger partial charge on any atom is -0.481 e. The SMILES string of the molecule is Cc1ccc(C(=O)NCC2(C(=O)O)CCCCC2)cc1Br. The van der Waals surface area contributed by atoms with Crippen LogP contribution in [0.25, 0.3) is 0 Å². The molecule has 1 fully saturated rings. The van der Waals surface area contributed by atoms with Crippen LogP contribution in [0.3, 0.4) is 0 Å². The molecule has 1 aliphatic carbocycles. The van der Waals surface area contributed by atoms with E-state index in [4.69, 9.17) is 0 Å². The van der Waals surface area contributed by atoms with Gasteiger partial charge in [-0.15, -0.1) is 0 Å². The van der Waals surface area contributed by atoms with Crippen molar-refractivity contribution in [1.29, 1.82) is 0 Å². The molecule has 0 aliphatic heterocycles. The predicted molar refractivity (Wildman–Crippen MR) is 84.4 cm³/mol. The lowest BCUT2D eigenvalue weighted by Gasteiger charge is -2.33. The zero-order valence-corrected chi connectivity index (χ0v) is 13.7. The fraction of sp³-hybridized carbons (Fsp3) is 0.500. The minimum atomic E-state index is -0.799. The minimum absolute atomic E-state index is 0.201. The van der Waals surface area contributed by atoms with E-state index in [-0.39, 0.29) is 12.5 Å². The molecule has 0 unspecified atom stereocenters. The number of amides is 1. The molecule has 1 amide bonds. The van der Waals surface area contributed by atoms with Crippen molar-refractivity contribution in [3.63, 3.8) is 0 Å². The molecule has 0 saturated heterocycles. The average Bonchev–Trinajstić information content (AvgIpc) is 2.48. The Balaban J connectivity index is 2.05. The first-order valence-electron chi connectivity index (χ1n) is 7.22. The third-order valence-corrected chi connectivity index (χ3v) is 5.14. The van der Waals surface area contributed by atoms with Crippen molar-refractivity contribution in [3.05, 3.63) is 33.8 Å². The van der Waals surface area contributed by atoms with E-state index >= 15 is 0 Å². The van der Waals surface area contributed by atoms with Gasteiger partial charge in [0, 0.05) is 16.6 Å². The number of benzene rings is 1. The summed E-state index contributed by atoms with van der Waals surface area (Å²) in [5.74, 6) is -1.02. The molecule has 0 spiro atoms. The standard InChI is InChI=1S/C16H20BrNO3/c1-11-5-6-12(9-13(11)17)14(19)18-10-16(15(20)21)7-3-2-4-8-16/h5-6,9H,2-4,7-8,10H2,1H3,(H,18,19)(H,20,21). The highest BCUT2D eigenvalue weighted by Crippen LogP contribution is 2.36. The first-order chi connectivity index (χ1) is 9.94. The van der Waals surface area contributed by atoms with Gasteiger partial charge in [0.2, 0.25) is 0 Å². The molecule has 1 aliphatic rings. The van der Waals surface area contributed by atoms with Gasteiger partial charge in [0.1, 0.15) is 0 Å². The number of halogens is 1. The molecule has 114 valence electrons. The van der Waals surface area contributed by atoms with Gasteiger partial charge in [-0.25, -0.2) is 0 Å². The summed E-state index contributed by atoms with van der Waals surface area (Å²) in [6.45, 7) is 2.15. The van der Waals surface area contributed by atoms with Crippen LogP contribution in [0, 0.1) is 12.3 Å². The Labute approximate surface area is 133 Å². The molecular formula is C16H20BrNO3. The monoisotopic (exact) mass is 353 g/mol. The highest BCUT2D eigenvalue weighted by atomic mass is 79.9. The smallest absolute Gasteiger partial charge is 0.311 e. The van der Waals surface area contributed by atoms with Crippen LogP contribution >= 0.6 is 15.9 Å². The maximum absolute atomic E-state index is 12.2. The maximum Gasteiger partial charge on any atom is 0.311 e. The fourth-order valence-corrected chi connectivity index (χ4v) is 3.16. The van der Waals surface area contributed by atoms with Gasteiger partial charge in [0.25, 0.3) is 5.91 Å². The quantitative estimate of drug-likeness (QED) is 0.869. The van der Waals surface area contributed by atoms with E-state index in [0.29, 0.717) is 18.4 Å². The number of hydrogen-bond acceptors (Lipinski definition) is 2. The second-order valence-corrected chi connectivity index (χ2v) is 6.65. The van der Waals surface area contributed by atoms with Crippen LogP contribution in [0.4, 0.5) is 0 Å². The molecule has 0 heterocycles. The van der Waals surface area contributed by atoms with Crippen LogP contribution in [0.15, 0.2) is 22.7 Å². The maximum atomic E-state index is 12.2. The van der Waals surface area contributed by atoms with E-state index < -0.39 is 11.4 Å². The van der Waals surface area contributed by atoms with Crippen LogP contribution in [0.2, 0.25) is 0 Å². The van der Waals surface area contributed by atoms with E-state index in [1.807, 2.05) is 13.0 Å². The Morgan fingerprint density at radius 3 is 2.52 bits per heavy atom. The summed E-state index contributed by atoms with van der Waals surface area (Å²) in [6, 6.07) is 5.38. The van der Waals surface area contributed by atoms with Gasteiger partial charge in [-0.2, -0.15) is 0 Å². The number of aryl methyl sites for hydroxylation is 1. The van der Waals surface area contributed by atoms with Crippen molar-refractivity contribution in [2.24, 2.45) is 5.41 Å². The second kappa shape index (κ2) is 6.60. The summed E-state index contributed by atoms with van der Waals surface area (Å²) in [7, 11) is 0. The largest absolute Gasteiger partial charge is 0.481 e. The highest BCUT2D eigenvalue weighted by Gasteiger charge is 2.39. The molecule has 4 nitrogen and oxygen atoms in total. The Bertz CT molecular complexity index is 550. The number of carbonyl (C=O) groups excluding carboxylic acids is 1. The van der Waals surface area contributed by atoms with Gasteiger partial charge < -0.3 is 10.4 Å².